The van der Waals surface area contributed by atoms with E-state index >= 15 is 0 Å². The molecule has 0 amide bonds. The molecular formula is C15H19N. The highest BCUT2D eigenvalue weighted by molar-refractivity contribution is 5.56. The molecule has 0 radical (unpaired) electrons. The SMILES string of the molecule is C#CCCCN1CCCc2cc(C)ccc21. The zero-order valence-corrected chi connectivity index (χ0v) is 10.00. The van der Waals surface area contributed by atoms with Gasteiger partial charge in [-0.1, -0.05) is 17.7 Å². The van der Waals surface area contributed by atoms with Crippen LogP contribution in [0.3, 0.4) is 0 Å². The average molecular weight is 213 g/mol. The largest absolute Gasteiger partial charge is 0.371 e. The first kappa shape index (κ1) is 11.1. The standard InChI is InChI=1S/C15H19N/c1-3-4-5-10-16-11-6-7-14-12-13(2)8-9-15(14)16/h1,8-9,12H,4-7,10-11H2,2H3. The maximum atomic E-state index is 5.29. The summed E-state index contributed by atoms with van der Waals surface area (Å²) in [5.41, 5.74) is 4.30. The summed E-state index contributed by atoms with van der Waals surface area (Å²) in [6, 6.07) is 6.79. The second kappa shape index (κ2) is 5.07. The minimum absolute atomic E-state index is 0.887. The second-order valence-corrected chi connectivity index (χ2v) is 4.53. The van der Waals surface area contributed by atoms with Crippen LogP contribution in [-0.2, 0) is 6.42 Å². The number of terminal acetylenes is 1. The summed E-state index contributed by atoms with van der Waals surface area (Å²) in [5, 5.41) is 0. The second-order valence-electron chi connectivity index (χ2n) is 4.53. The van der Waals surface area contributed by atoms with Crippen molar-refractivity contribution >= 4 is 5.69 Å². The van der Waals surface area contributed by atoms with E-state index in [0.29, 0.717) is 0 Å². The molecular weight excluding hydrogens is 194 g/mol. The third-order valence-electron chi connectivity index (χ3n) is 3.20. The lowest BCUT2D eigenvalue weighted by atomic mass is 9.99. The first-order chi connectivity index (χ1) is 7.81. The molecule has 0 saturated heterocycles. The molecule has 1 aliphatic heterocycles. The maximum Gasteiger partial charge on any atom is 0.0398 e. The lowest BCUT2D eigenvalue weighted by Crippen LogP contribution is -2.30. The van der Waals surface area contributed by atoms with Crippen molar-refractivity contribution in [1.29, 1.82) is 0 Å². The lowest BCUT2D eigenvalue weighted by molar-refractivity contribution is 0.670. The molecule has 1 aromatic carbocycles. The highest BCUT2D eigenvalue weighted by atomic mass is 15.1. The number of fused-ring (bicyclic) bond motifs is 1. The van der Waals surface area contributed by atoms with Gasteiger partial charge in [0.15, 0.2) is 0 Å². The fourth-order valence-electron chi connectivity index (χ4n) is 2.41. The Morgan fingerprint density at radius 2 is 2.31 bits per heavy atom. The quantitative estimate of drug-likeness (QED) is 0.550. The first-order valence-corrected chi connectivity index (χ1v) is 6.09. The predicted molar refractivity (Wildman–Crippen MR) is 69.8 cm³/mol. The van der Waals surface area contributed by atoms with Crippen molar-refractivity contribution in [2.75, 3.05) is 18.0 Å². The van der Waals surface area contributed by atoms with E-state index in [1.54, 1.807) is 0 Å². The third kappa shape index (κ3) is 2.39. The highest BCUT2D eigenvalue weighted by Gasteiger charge is 2.15. The minimum Gasteiger partial charge on any atom is -0.371 e. The molecule has 0 N–H and O–H groups in total. The van der Waals surface area contributed by atoms with Crippen LogP contribution in [0, 0.1) is 19.3 Å². The van der Waals surface area contributed by atoms with Gasteiger partial charge in [-0.2, -0.15) is 0 Å². The number of nitrogens with zero attached hydrogens (tertiary/aromatic N) is 1. The molecule has 1 heteroatoms. The van der Waals surface area contributed by atoms with Gasteiger partial charge in [0, 0.05) is 25.2 Å². The smallest absolute Gasteiger partial charge is 0.0398 e. The Hall–Kier alpha value is -1.42. The normalized spacial score (nSPS) is 14.4. The molecule has 0 bridgehead atoms. The summed E-state index contributed by atoms with van der Waals surface area (Å²) < 4.78 is 0. The number of anilines is 1. The number of benzene rings is 1. The summed E-state index contributed by atoms with van der Waals surface area (Å²) in [6.45, 7) is 4.44. The fraction of sp³-hybridized carbons (Fsp3) is 0.467. The van der Waals surface area contributed by atoms with Crippen molar-refractivity contribution in [3.05, 3.63) is 29.3 Å². The van der Waals surface area contributed by atoms with Gasteiger partial charge in [-0.05, 0) is 37.8 Å². The molecule has 0 spiro atoms. The average Bonchev–Trinajstić information content (AvgIpc) is 2.29. The fourth-order valence-corrected chi connectivity index (χ4v) is 2.41. The van der Waals surface area contributed by atoms with Crippen molar-refractivity contribution in [1.82, 2.24) is 0 Å². The summed E-state index contributed by atoms with van der Waals surface area (Å²) >= 11 is 0. The van der Waals surface area contributed by atoms with E-state index in [4.69, 9.17) is 6.42 Å². The van der Waals surface area contributed by atoms with Gasteiger partial charge in [0.2, 0.25) is 0 Å². The number of hydrogen-bond acceptors (Lipinski definition) is 1. The van der Waals surface area contributed by atoms with Crippen LogP contribution in [0.1, 0.15) is 30.4 Å². The molecule has 1 aromatic rings. The molecule has 1 nitrogen and oxygen atoms in total. The Morgan fingerprint density at radius 3 is 3.12 bits per heavy atom. The molecule has 0 fully saturated rings. The molecule has 0 atom stereocenters. The van der Waals surface area contributed by atoms with Gasteiger partial charge in [0.25, 0.3) is 0 Å². The molecule has 0 saturated carbocycles. The Labute approximate surface area is 98.5 Å². The van der Waals surface area contributed by atoms with Crippen molar-refractivity contribution < 1.29 is 0 Å². The topological polar surface area (TPSA) is 3.24 Å². The Bertz CT molecular complexity index is 400. The molecule has 0 aliphatic carbocycles. The summed E-state index contributed by atoms with van der Waals surface area (Å²) in [6.07, 6.45) is 9.77. The Kier molecular flexibility index (Phi) is 3.51. The van der Waals surface area contributed by atoms with Gasteiger partial charge in [-0.3, -0.25) is 0 Å². The van der Waals surface area contributed by atoms with E-state index in [2.05, 4.69) is 35.9 Å². The van der Waals surface area contributed by atoms with E-state index in [9.17, 15) is 0 Å². The summed E-state index contributed by atoms with van der Waals surface area (Å²) in [7, 11) is 0. The first-order valence-electron chi connectivity index (χ1n) is 6.09. The van der Waals surface area contributed by atoms with Gasteiger partial charge < -0.3 is 4.90 Å². The molecule has 1 heterocycles. The number of unbranched alkanes of at least 4 members (excludes halogenated alkanes) is 1. The van der Waals surface area contributed by atoms with Crippen LogP contribution in [0.5, 0.6) is 0 Å². The van der Waals surface area contributed by atoms with Crippen LogP contribution in [0.25, 0.3) is 0 Å². The lowest BCUT2D eigenvalue weighted by Gasteiger charge is -2.31. The number of aryl methyl sites for hydroxylation is 2. The predicted octanol–water partition coefficient (Wildman–Crippen LogP) is 3.16. The van der Waals surface area contributed by atoms with Crippen LogP contribution in [-0.4, -0.2) is 13.1 Å². The minimum atomic E-state index is 0.887. The summed E-state index contributed by atoms with van der Waals surface area (Å²) in [4.78, 5) is 2.48. The molecule has 2 rings (SSSR count). The Balaban J connectivity index is 2.11. The van der Waals surface area contributed by atoms with Gasteiger partial charge in [0.05, 0.1) is 0 Å². The number of rotatable bonds is 3. The van der Waals surface area contributed by atoms with Crippen LogP contribution in [0.4, 0.5) is 5.69 Å². The van der Waals surface area contributed by atoms with E-state index in [0.717, 1.165) is 19.4 Å². The molecule has 1 aliphatic rings. The monoisotopic (exact) mass is 213 g/mol. The zero-order chi connectivity index (χ0) is 11.4. The summed E-state index contributed by atoms with van der Waals surface area (Å²) in [5.74, 6) is 2.71. The van der Waals surface area contributed by atoms with E-state index < -0.39 is 0 Å². The van der Waals surface area contributed by atoms with E-state index in [1.165, 1.54) is 36.2 Å². The van der Waals surface area contributed by atoms with Crippen molar-refractivity contribution in [3.63, 3.8) is 0 Å². The van der Waals surface area contributed by atoms with E-state index in [-0.39, 0.29) is 0 Å². The number of hydrogen-bond donors (Lipinski definition) is 0. The van der Waals surface area contributed by atoms with E-state index in [1.807, 2.05) is 0 Å². The van der Waals surface area contributed by atoms with Crippen LogP contribution in [0.2, 0.25) is 0 Å². The molecule has 16 heavy (non-hydrogen) atoms. The zero-order valence-electron chi connectivity index (χ0n) is 10.00. The van der Waals surface area contributed by atoms with Crippen molar-refractivity contribution in [2.24, 2.45) is 0 Å². The van der Waals surface area contributed by atoms with Gasteiger partial charge in [-0.15, -0.1) is 12.3 Å². The van der Waals surface area contributed by atoms with Gasteiger partial charge in [0.1, 0.15) is 0 Å². The highest BCUT2D eigenvalue weighted by Crippen LogP contribution is 2.27. The molecule has 84 valence electrons. The third-order valence-corrected chi connectivity index (χ3v) is 3.20. The van der Waals surface area contributed by atoms with Gasteiger partial charge >= 0.3 is 0 Å². The molecule has 0 aromatic heterocycles. The van der Waals surface area contributed by atoms with Crippen molar-refractivity contribution in [3.8, 4) is 12.3 Å². The van der Waals surface area contributed by atoms with Gasteiger partial charge in [-0.25, -0.2) is 0 Å². The van der Waals surface area contributed by atoms with Crippen LogP contribution in [0.15, 0.2) is 18.2 Å². The van der Waals surface area contributed by atoms with Crippen LogP contribution < -0.4 is 4.90 Å². The molecule has 0 unspecified atom stereocenters. The Morgan fingerprint density at radius 1 is 1.44 bits per heavy atom. The van der Waals surface area contributed by atoms with Crippen LogP contribution >= 0.6 is 0 Å². The maximum absolute atomic E-state index is 5.29. The van der Waals surface area contributed by atoms with Crippen molar-refractivity contribution in [2.45, 2.75) is 32.6 Å².